The molecule has 0 radical (unpaired) electrons. The standard InChI is InChI=1S/C15H27NO4/c1-6-15(7-2,13(18)19)8-12(17)16-9-11(3)20-14(4,5)10-16/h11H,6-10H2,1-5H3,(H,18,19). The molecule has 1 fully saturated rings. The minimum atomic E-state index is -0.942. The summed E-state index contributed by atoms with van der Waals surface area (Å²) in [4.78, 5) is 25.7. The van der Waals surface area contributed by atoms with Gasteiger partial charge in [-0.25, -0.2) is 0 Å². The molecule has 1 aliphatic heterocycles. The van der Waals surface area contributed by atoms with Crippen molar-refractivity contribution in [1.29, 1.82) is 0 Å². The fourth-order valence-electron chi connectivity index (χ4n) is 2.92. The molecule has 1 saturated heterocycles. The van der Waals surface area contributed by atoms with Crippen LogP contribution in [0.1, 0.15) is 53.9 Å². The summed E-state index contributed by atoms with van der Waals surface area (Å²) in [6.07, 6.45) is 0.977. The summed E-state index contributed by atoms with van der Waals surface area (Å²) in [5.74, 6) is -0.962. The molecule has 1 N–H and O–H groups in total. The Balaban J connectivity index is 2.82. The van der Waals surface area contributed by atoms with Gasteiger partial charge >= 0.3 is 5.97 Å². The molecule has 0 aliphatic carbocycles. The lowest BCUT2D eigenvalue weighted by atomic mass is 9.78. The molecule has 0 saturated carbocycles. The van der Waals surface area contributed by atoms with Crippen molar-refractivity contribution in [1.82, 2.24) is 4.90 Å². The Morgan fingerprint density at radius 1 is 1.35 bits per heavy atom. The lowest BCUT2D eigenvalue weighted by Gasteiger charge is -2.42. The van der Waals surface area contributed by atoms with Crippen LogP contribution in [0.5, 0.6) is 0 Å². The number of carbonyl (C=O) groups excluding carboxylic acids is 1. The summed E-state index contributed by atoms with van der Waals surface area (Å²) in [5.41, 5.74) is -1.32. The Kier molecular flexibility index (Phi) is 5.19. The molecule has 0 spiro atoms. The molecule has 20 heavy (non-hydrogen) atoms. The molecule has 1 aliphatic rings. The Bertz CT molecular complexity index is 374. The molecule has 1 atom stereocenters. The number of morpholine rings is 1. The Labute approximate surface area is 121 Å². The monoisotopic (exact) mass is 285 g/mol. The number of amides is 1. The van der Waals surface area contributed by atoms with E-state index in [0.29, 0.717) is 25.9 Å². The van der Waals surface area contributed by atoms with Gasteiger partial charge in [0, 0.05) is 19.5 Å². The van der Waals surface area contributed by atoms with Crippen molar-refractivity contribution in [2.75, 3.05) is 13.1 Å². The highest BCUT2D eigenvalue weighted by Gasteiger charge is 2.41. The normalized spacial score (nSPS) is 22.6. The molecule has 5 heteroatoms. The van der Waals surface area contributed by atoms with Crippen LogP contribution in [0.4, 0.5) is 0 Å². The van der Waals surface area contributed by atoms with Gasteiger partial charge in [-0.15, -0.1) is 0 Å². The van der Waals surface area contributed by atoms with E-state index in [0.717, 1.165) is 0 Å². The molecule has 1 rings (SSSR count). The van der Waals surface area contributed by atoms with Crippen LogP contribution in [0, 0.1) is 5.41 Å². The number of rotatable bonds is 5. The quantitative estimate of drug-likeness (QED) is 0.841. The minimum Gasteiger partial charge on any atom is -0.481 e. The summed E-state index contributed by atoms with van der Waals surface area (Å²) >= 11 is 0. The van der Waals surface area contributed by atoms with Crippen LogP contribution in [-0.2, 0) is 14.3 Å². The van der Waals surface area contributed by atoms with E-state index < -0.39 is 11.4 Å². The average molecular weight is 285 g/mol. The van der Waals surface area contributed by atoms with Gasteiger partial charge in [-0.05, 0) is 33.6 Å². The van der Waals surface area contributed by atoms with Crippen molar-refractivity contribution in [3.63, 3.8) is 0 Å². The van der Waals surface area contributed by atoms with E-state index in [1.54, 1.807) is 4.90 Å². The van der Waals surface area contributed by atoms with Gasteiger partial charge in [0.2, 0.25) is 5.91 Å². The second kappa shape index (κ2) is 6.12. The number of ether oxygens (including phenoxy) is 1. The largest absolute Gasteiger partial charge is 0.481 e. The number of carbonyl (C=O) groups is 2. The first kappa shape index (κ1) is 17.0. The fourth-order valence-corrected chi connectivity index (χ4v) is 2.92. The molecule has 0 aromatic carbocycles. The molecule has 5 nitrogen and oxygen atoms in total. The second-order valence-electron chi connectivity index (χ2n) is 6.43. The number of nitrogens with zero attached hydrogens (tertiary/aromatic N) is 1. The summed E-state index contributed by atoms with van der Waals surface area (Å²) in [5, 5.41) is 9.43. The Morgan fingerprint density at radius 2 is 1.90 bits per heavy atom. The van der Waals surface area contributed by atoms with Crippen LogP contribution in [0.25, 0.3) is 0 Å². The lowest BCUT2D eigenvalue weighted by molar-refractivity contribution is -0.165. The van der Waals surface area contributed by atoms with Gasteiger partial charge in [-0.1, -0.05) is 13.8 Å². The van der Waals surface area contributed by atoms with Crippen LogP contribution in [-0.4, -0.2) is 46.7 Å². The zero-order valence-corrected chi connectivity index (χ0v) is 13.2. The van der Waals surface area contributed by atoms with E-state index in [9.17, 15) is 14.7 Å². The van der Waals surface area contributed by atoms with Crippen LogP contribution < -0.4 is 0 Å². The maximum absolute atomic E-state index is 12.5. The lowest BCUT2D eigenvalue weighted by Crippen LogP contribution is -2.54. The molecule has 116 valence electrons. The second-order valence-corrected chi connectivity index (χ2v) is 6.43. The van der Waals surface area contributed by atoms with Crippen molar-refractivity contribution in [3.8, 4) is 0 Å². The summed E-state index contributed by atoms with van der Waals surface area (Å²) < 4.78 is 5.77. The fraction of sp³-hybridized carbons (Fsp3) is 0.867. The SMILES string of the molecule is CCC(CC)(CC(=O)N1CC(C)OC(C)(C)C1)C(=O)O. The van der Waals surface area contributed by atoms with E-state index in [-0.39, 0.29) is 24.0 Å². The number of hydrogen-bond donors (Lipinski definition) is 1. The van der Waals surface area contributed by atoms with Crippen molar-refractivity contribution < 1.29 is 19.4 Å². The predicted molar refractivity (Wildman–Crippen MR) is 76.5 cm³/mol. The molecular formula is C15H27NO4. The van der Waals surface area contributed by atoms with E-state index in [4.69, 9.17) is 4.74 Å². The summed E-state index contributed by atoms with van der Waals surface area (Å²) in [7, 11) is 0. The van der Waals surface area contributed by atoms with E-state index in [1.165, 1.54) is 0 Å². The van der Waals surface area contributed by atoms with Crippen LogP contribution in [0.2, 0.25) is 0 Å². The summed E-state index contributed by atoms with van der Waals surface area (Å²) in [6.45, 7) is 10.5. The maximum Gasteiger partial charge on any atom is 0.310 e. The molecule has 1 heterocycles. The van der Waals surface area contributed by atoms with Crippen LogP contribution in [0.3, 0.4) is 0 Å². The Hall–Kier alpha value is -1.10. The Morgan fingerprint density at radius 3 is 2.30 bits per heavy atom. The molecule has 0 bridgehead atoms. The maximum atomic E-state index is 12.5. The van der Waals surface area contributed by atoms with Gasteiger partial charge in [0.15, 0.2) is 0 Å². The van der Waals surface area contributed by atoms with Gasteiger partial charge in [0.25, 0.3) is 0 Å². The van der Waals surface area contributed by atoms with Crippen LogP contribution >= 0.6 is 0 Å². The first-order valence-corrected chi connectivity index (χ1v) is 7.35. The third kappa shape index (κ3) is 3.72. The average Bonchev–Trinajstić information content (AvgIpc) is 2.32. The van der Waals surface area contributed by atoms with E-state index in [2.05, 4.69) is 0 Å². The van der Waals surface area contributed by atoms with Gasteiger partial charge in [-0.3, -0.25) is 9.59 Å². The zero-order chi connectivity index (χ0) is 15.6. The third-order valence-corrected chi connectivity index (χ3v) is 4.22. The molecule has 0 aromatic rings. The third-order valence-electron chi connectivity index (χ3n) is 4.22. The van der Waals surface area contributed by atoms with Gasteiger partial charge in [0.05, 0.1) is 17.1 Å². The molecule has 0 aromatic heterocycles. The topological polar surface area (TPSA) is 66.8 Å². The zero-order valence-electron chi connectivity index (χ0n) is 13.2. The number of carboxylic acids is 1. The van der Waals surface area contributed by atoms with E-state index in [1.807, 2.05) is 34.6 Å². The first-order chi connectivity index (χ1) is 9.15. The highest BCUT2D eigenvalue weighted by molar-refractivity contribution is 5.85. The smallest absolute Gasteiger partial charge is 0.310 e. The van der Waals surface area contributed by atoms with Crippen molar-refractivity contribution in [2.45, 2.75) is 65.6 Å². The highest BCUT2D eigenvalue weighted by atomic mass is 16.5. The van der Waals surface area contributed by atoms with E-state index >= 15 is 0 Å². The van der Waals surface area contributed by atoms with Crippen molar-refractivity contribution in [3.05, 3.63) is 0 Å². The summed E-state index contributed by atoms with van der Waals surface area (Å²) in [6, 6.07) is 0. The number of hydrogen-bond acceptors (Lipinski definition) is 3. The molecule has 1 unspecified atom stereocenters. The predicted octanol–water partition coefficient (Wildman–Crippen LogP) is 2.29. The van der Waals surface area contributed by atoms with Gasteiger partial charge < -0.3 is 14.7 Å². The van der Waals surface area contributed by atoms with Gasteiger partial charge in [0.1, 0.15) is 0 Å². The minimum absolute atomic E-state index is 0.0230. The first-order valence-electron chi connectivity index (χ1n) is 7.35. The van der Waals surface area contributed by atoms with Crippen molar-refractivity contribution in [2.24, 2.45) is 5.41 Å². The number of aliphatic carboxylic acids is 1. The van der Waals surface area contributed by atoms with Gasteiger partial charge in [-0.2, -0.15) is 0 Å². The highest BCUT2D eigenvalue weighted by Crippen LogP contribution is 2.32. The molecule has 1 amide bonds. The number of carboxylic acid groups (broad SMARTS) is 1. The van der Waals surface area contributed by atoms with Crippen molar-refractivity contribution >= 4 is 11.9 Å². The van der Waals surface area contributed by atoms with Crippen LogP contribution in [0.15, 0.2) is 0 Å². The molecular weight excluding hydrogens is 258 g/mol.